The minimum atomic E-state index is 0. The number of hydrogen-bond donors (Lipinski definition) is 0. The fraction of sp³-hybridized carbons (Fsp3) is 0. The summed E-state index contributed by atoms with van der Waals surface area (Å²) >= 11 is 0. The van der Waals surface area contributed by atoms with E-state index < -0.39 is 0 Å². The van der Waals surface area contributed by atoms with E-state index in [1.807, 2.05) is 0 Å². The molecule has 1 radical (unpaired) electrons. The molecule has 0 unspecified atom stereocenters. The van der Waals surface area contributed by atoms with Crippen LogP contribution in [-0.2, 0) is 40.5 Å². The fourth-order valence-electron chi connectivity index (χ4n) is 0. The van der Waals surface area contributed by atoms with Crippen LogP contribution in [0.25, 0.3) is 0 Å². The van der Waals surface area contributed by atoms with Crippen LogP contribution in [0.5, 0.6) is 0 Å². The van der Waals surface area contributed by atoms with Crippen LogP contribution in [0, 0.1) is 0 Å². The Morgan fingerprint density at radius 2 is 0.571 bits per heavy atom. The average Bonchev–Trinajstić information content (AvgIpc) is 0. The van der Waals surface area contributed by atoms with E-state index in [0.717, 1.165) is 0 Å². The molecule has 0 rings (SSSR count). The van der Waals surface area contributed by atoms with Crippen LogP contribution >= 0.6 is 0 Å². The Labute approximate surface area is 134 Å². The van der Waals surface area contributed by atoms with Gasteiger partial charge in [-0.25, -0.2) is 0 Å². The van der Waals surface area contributed by atoms with Crippen molar-refractivity contribution < 1.29 is 91.8 Å². The minimum Gasteiger partial charge on any atom is -2.00 e. The summed E-state index contributed by atoms with van der Waals surface area (Å²) in [5.74, 6) is 0. The smallest absolute Gasteiger partial charge is 2.00 e. The molecule has 0 aliphatic carbocycles. The van der Waals surface area contributed by atoms with E-state index in [1.165, 1.54) is 0 Å². The third-order valence-electron chi connectivity index (χ3n) is 0. The van der Waals surface area contributed by atoms with Crippen LogP contribution in [0.2, 0.25) is 0 Å². The molecule has 0 aromatic rings. The molecule has 0 saturated carbocycles. The second-order valence-corrected chi connectivity index (χ2v) is 0. The van der Waals surface area contributed by atoms with Crippen LogP contribution in [0.4, 0.5) is 0 Å². The summed E-state index contributed by atoms with van der Waals surface area (Å²) in [7, 11) is 0. The molecule has 0 aromatic carbocycles. The Hall–Kier alpha value is 3.54. The van der Waals surface area contributed by atoms with E-state index in [-0.39, 0.29) is 137 Å². The van der Waals surface area contributed by atoms with E-state index in [2.05, 4.69) is 0 Å². The van der Waals surface area contributed by atoms with E-state index in [4.69, 9.17) is 0 Å². The van der Waals surface area contributed by atoms with Crippen molar-refractivity contribution in [1.82, 2.24) is 0 Å². The summed E-state index contributed by atoms with van der Waals surface area (Å²) in [6, 6.07) is 0. The second-order valence-electron chi connectivity index (χ2n) is 0. The van der Waals surface area contributed by atoms with Gasteiger partial charge in [0.05, 0.1) is 0 Å². The van der Waals surface area contributed by atoms with E-state index in [0.29, 0.717) is 0 Å². The third kappa shape index (κ3) is 43.3. The molecule has 0 fully saturated rings. The van der Waals surface area contributed by atoms with Gasteiger partial charge in [-0.15, -0.1) is 0 Å². The molecule has 4 nitrogen and oxygen atoms in total. The average molecular weight is 242 g/mol. The van der Waals surface area contributed by atoms with Gasteiger partial charge in [0.25, 0.3) is 0 Å². The molecular formula is KO4SrV-5. The monoisotopic (exact) mass is 242 g/mol. The first-order chi connectivity index (χ1) is 0. The fourth-order valence-corrected chi connectivity index (χ4v) is 0. The number of hydrogen-bond acceptors (Lipinski definition) is 0. The summed E-state index contributed by atoms with van der Waals surface area (Å²) in [6.07, 6.45) is 0. The van der Waals surface area contributed by atoms with Crippen LogP contribution in [0.15, 0.2) is 0 Å². The first kappa shape index (κ1) is 76.5. The van der Waals surface area contributed by atoms with Gasteiger partial charge in [0.1, 0.15) is 0 Å². The molecule has 7 heavy (non-hydrogen) atoms. The second kappa shape index (κ2) is 55.5. The zero-order valence-electron chi connectivity index (χ0n) is 3.79. The molecular weight excluding hydrogens is 242 g/mol. The molecule has 0 bridgehead atoms. The van der Waals surface area contributed by atoms with Gasteiger partial charge in [0.15, 0.2) is 0 Å². The predicted molar refractivity (Wildman–Crippen MR) is 8.50 cm³/mol. The molecule has 37 valence electrons. The van der Waals surface area contributed by atoms with Gasteiger partial charge in [-0.3, -0.25) is 0 Å². The molecule has 0 spiro atoms. The number of rotatable bonds is 0. The zero-order chi connectivity index (χ0) is 0. The van der Waals surface area contributed by atoms with Crippen molar-refractivity contribution in [3.8, 4) is 0 Å². The van der Waals surface area contributed by atoms with Crippen molar-refractivity contribution in [3.63, 3.8) is 0 Å². The van der Waals surface area contributed by atoms with Crippen LogP contribution in [0.1, 0.15) is 0 Å². The van der Waals surface area contributed by atoms with Crippen molar-refractivity contribution in [2.24, 2.45) is 0 Å². The van der Waals surface area contributed by atoms with Gasteiger partial charge >= 0.3 is 96.9 Å². The van der Waals surface area contributed by atoms with Crippen LogP contribution in [0.3, 0.4) is 0 Å². The Bertz CT molecular complexity index is 11.7. The zero-order valence-corrected chi connectivity index (χ0v) is 11.8. The first-order valence-corrected chi connectivity index (χ1v) is 0. The molecule has 0 N–H and O–H groups in total. The standard InChI is InChI=1S/K.4O.Sr.V/q+1;4*-2;+2;. The summed E-state index contributed by atoms with van der Waals surface area (Å²) < 4.78 is 0. The molecule has 0 heterocycles. The van der Waals surface area contributed by atoms with Gasteiger partial charge in [-0.2, -0.15) is 0 Å². The molecule has 0 aliphatic rings. The van der Waals surface area contributed by atoms with Gasteiger partial charge in [-0.05, 0) is 0 Å². The Morgan fingerprint density at radius 1 is 0.571 bits per heavy atom. The molecule has 7 heteroatoms. The quantitative estimate of drug-likeness (QED) is 0.387. The summed E-state index contributed by atoms with van der Waals surface area (Å²) in [5.41, 5.74) is 0. The topological polar surface area (TPSA) is 114 Å². The van der Waals surface area contributed by atoms with E-state index in [9.17, 15) is 0 Å². The molecule has 0 amide bonds. The van der Waals surface area contributed by atoms with Crippen LogP contribution in [-0.4, -0.2) is 45.5 Å². The minimum absolute atomic E-state index is 0. The largest absolute Gasteiger partial charge is 2.00 e. The van der Waals surface area contributed by atoms with Crippen molar-refractivity contribution in [2.75, 3.05) is 0 Å². The van der Waals surface area contributed by atoms with Gasteiger partial charge in [-0.1, -0.05) is 0 Å². The van der Waals surface area contributed by atoms with Gasteiger partial charge in [0, 0.05) is 18.6 Å². The SMILES string of the molecule is [K+].[O-2].[O-2].[O-2].[O-2].[Sr+2].[V]. The maximum atomic E-state index is 0. The van der Waals surface area contributed by atoms with Crippen molar-refractivity contribution >= 4 is 45.5 Å². The summed E-state index contributed by atoms with van der Waals surface area (Å²) in [4.78, 5) is 0. The van der Waals surface area contributed by atoms with Crippen molar-refractivity contribution in [2.45, 2.75) is 0 Å². The van der Waals surface area contributed by atoms with E-state index in [1.54, 1.807) is 0 Å². The maximum absolute atomic E-state index is 0. The first-order valence-electron chi connectivity index (χ1n) is 0. The normalized spacial score (nSPS) is 0. The van der Waals surface area contributed by atoms with E-state index >= 15 is 0 Å². The van der Waals surface area contributed by atoms with Gasteiger partial charge < -0.3 is 21.9 Å². The molecule has 0 saturated heterocycles. The molecule has 0 aliphatic heterocycles. The van der Waals surface area contributed by atoms with Gasteiger partial charge in [0.2, 0.25) is 0 Å². The van der Waals surface area contributed by atoms with Crippen molar-refractivity contribution in [3.05, 3.63) is 0 Å². The summed E-state index contributed by atoms with van der Waals surface area (Å²) in [6.45, 7) is 0. The maximum Gasteiger partial charge on any atom is 2.00 e. The Morgan fingerprint density at radius 3 is 0.571 bits per heavy atom. The molecule has 0 atom stereocenters. The Balaban J connectivity index is 0. The predicted octanol–water partition coefficient (Wildman–Crippen LogP) is -3.85. The summed E-state index contributed by atoms with van der Waals surface area (Å²) in [5, 5.41) is 0. The van der Waals surface area contributed by atoms with Crippen molar-refractivity contribution in [1.29, 1.82) is 0 Å². The van der Waals surface area contributed by atoms with Crippen LogP contribution < -0.4 is 51.4 Å². The molecule has 0 aromatic heterocycles. The third-order valence-corrected chi connectivity index (χ3v) is 0. The Kier molecular flexibility index (Phi) is 607.